The molecule has 1 fully saturated rings. The second-order valence-corrected chi connectivity index (χ2v) is 7.30. The molecule has 154 valence electrons. The fourth-order valence-corrected chi connectivity index (χ4v) is 3.75. The number of ketones is 1. The molecule has 31 heavy (non-hydrogen) atoms. The monoisotopic (exact) mass is 434 g/mol. The van der Waals surface area contributed by atoms with Crippen LogP contribution < -0.4 is 4.90 Å². The standard InChI is InChI=1S/C23H15ClN2O5/c24-16-7-4-8-18(13-16)25-20(14-9-11-17(12-10-14)26(30)31)19(22(28)23(25)29)21(27)15-5-2-1-3-6-15/h1-13,20,27H/b21-19+. The van der Waals surface area contributed by atoms with Gasteiger partial charge in [-0.25, -0.2) is 0 Å². The zero-order valence-corrected chi connectivity index (χ0v) is 16.7. The molecule has 1 unspecified atom stereocenters. The number of nitro benzene ring substituents is 1. The number of anilines is 1. The summed E-state index contributed by atoms with van der Waals surface area (Å²) >= 11 is 6.09. The van der Waals surface area contributed by atoms with E-state index in [-0.39, 0.29) is 17.0 Å². The lowest BCUT2D eigenvalue weighted by Crippen LogP contribution is -2.29. The summed E-state index contributed by atoms with van der Waals surface area (Å²) in [5.74, 6) is -2.01. The number of hydrogen-bond acceptors (Lipinski definition) is 5. The number of Topliss-reactive ketones (excluding diaryl/α,β-unsaturated/α-hetero) is 1. The highest BCUT2D eigenvalue weighted by Crippen LogP contribution is 2.42. The number of aliphatic hydroxyl groups excluding tert-OH is 1. The van der Waals surface area contributed by atoms with Gasteiger partial charge in [0, 0.05) is 28.4 Å². The summed E-state index contributed by atoms with van der Waals surface area (Å²) in [5, 5.41) is 22.4. The molecule has 0 aromatic heterocycles. The van der Waals surface area contributed by atoms with Crippen molar-refractivity contribution in [1.82, 2.24) is 0 Å². The van der Waals surface area contributed by atoms with Crippen LogP contribution in [0.15, 0.2) is 84.4 Å². The van der Waals surface area contributed by atoms with Gasteiger partial charge >= 0.3 is 0 Å². The van der Waals surface area contributed by atoms with E-state index >= 15 is 0 Å². The number of amides is 1. The van der Waals surface area contributed by atoms with Crippen molar-refractivity contribution in [2.75, 3.05) is 4.90 Å². The highest BCUT2D eigenvalue weighted by molar-refractivity contribution is 6.51. The summed E-state index contributed by atoms with van der Waals surface area (Å²) in [6.07, 6.45) is 0. The first-order chi connectivity index (χ1) is 14.9. The lowest BCUT2D eigenvalue weighted by atomic mass is 9.95. The van der Waals surface area contributed by atoms with Crippen LogP contribution in [0.3, 0.4) is 0 Å². The van der Waals surface area contributed by atoms with Crippen molar-refractivity contribution >= 4 is 40.4 Å². The zero-order valence-electron chi connectivity index (χ0n) is 15.9. The fourth-order valence-electron chi connectivity index (χ4n) is 3.57. The number of non-ortho nitro benzene ring substituents is 1. The number of carbonyl (C=O) groups is 2. The predicted octanol–water partition coefficient (Wildman–Crippen LogP) is 4.87. The van der Waals surface area contributed by atoms with Crippen LogP contribution in [0.2, 0.25) is 5.02 Å². The van der Waals surface area contributed by atoms with E-state index in [1.807, 2.05) is 0 Å². The van der Waals surface area contributed by atoms with E-state index < -0.39 is 22.7 Å². The molecule has 0 spiro atoms. The number of benzene rings is 3. The van der Waals surface area contributed by atoms with Crippen LogP contribution in [0, 0.1) is 10.1 Å². The zero-order chi connectivity index (χ0) is 22.1. The number of nitrogens with zero attached hydrogens (tertiary/aromatic N) is 2. The van der Waals surface area contributed by atoms with Gasteiger partial charge < -0.3 is 5.11 Å². The van der Waals surface area contributed by atoms with Crippen LogP contribution in [0.25, 0.3) is 5.76 Å². The third-order valence-corrected chi connectivity index (χ3v) is 5.23. The molecule has 1 aliphatic rings. The first kappa shape index (κ1) is 20.3. The minimum absolute atomic E-state index is 0.106. The quantitative estimate of drug-likeness (QED) is 0.207. The van der Waals surface area contributed by atoms with Gasteiger partial charge in [-0.05, 0) is 35.9 Å². The maximum Gasteiger partial charge on any atom is 0.300 e. The first-order valence-electron chi connectivity index (χ1n) is 9.25. The van der Waals surface area contributed by atoms with Gasteiger partial charge in [-0.15, -0.1) is 0 Å². The topological polar surface area (TPSA) is 101 Å². The molecule has 1 saturated heterocycles. The van der Waals surface area contributed by atoms with E-state index in [0.717, 1.165) is 0 Å². The second kappa shape index (κ2) is 8.04. The SMILES string of the molecule is O=C1C(=O)N(c2cccc(Cl)c2)C(c2ccc([N+](=O)[O-])cc2)/C1=C(\O)c1ccccc1. The normalized spacial score (nSPS) is 17.7. The molecule has 3 aromatic rings. The number of aliphatic hydroxyl groups is 1. The molecule has 0 bridgehead atoms. The number of rotatable bonds is 4. The van der Waals surface area contributed by atoms with Crippen LogP contribution in [-0.4, -0.2) is 21.7 Å². The van der Waals surface area contributed by atoms with E-state index in [0.29, 0.717) is 21.8 Å². The Morgan fingerprint density at radius 3 is 2.26 bits per heavy atom. The van der Waals surface area contributed by atoms with E-state index in [4.69, 9.17) is 11.6 Å². The average molecular weight is 435 g/mol. The lowest BCUT2D eigenvalue weighted by molar-refractivity contribution is -0.384. The van der Waals surface area contributed by atoms with E-state index in [9.17, 15) is 24.8 Å². The summed E-state index contributed by atoms with van der Waals surface area (Å²) in [4.78, 5) is 37.7. The van der Waals surface area contributed by atoms with Crippen molar-refractivity contribution in [3.63, 3.8) is 0 Å². The fraction of sp³-hybridized carbons (Fsp3) is 0.0435. The van der Waals surface area contributed by atoms with E-state index in [1.54, 1.807) is 48.5 Å². The minimum atomic E-state index is -0.987. The molecule has 1 N–H and O–H groups in total. The lowest BCUT2D eigenvalue weighted by Gasteiger charge is -2.25. The summed E-state index contributed by atoms with van der Waals surface area (Å²) < 4.78 is 0. The molecule has 0 saturated carbocycles. The highest BCUT2D eigenvalue weighted by atomic mass is 35.5. The van der Waals surface area contributed by atoms with Crippen molar-refractivity contribution in [2.45, 2.75) is 6.04 Å². The van der Waals surface area contributed by atoms with Crippen LogP contribution in [-0.2, 0) is 9.59 Å². The Balaban J connectivity index is 1.94. The Bertz CT molecular complexity index is 1220. The van der Waals surface area contributed by atoms with Crippen LogP contribution in [0.1, 0.15) is 17.2 Å². The highest BCUT2D eigenvalue weighted by Gasteiger charge is 2.47. The van der Waals surface area contributed by atoms with Crippen LogP contribution in [0.4, 0.5) is 11.4 Å². The molecule has 4 rings (SSSR count). The van der Waals surface area contributed by atoms with Gasteiger partial charge in [0.1, 0.15) is 5.76 Å². The molecule has 7 nitrogen and oxygen atoms in total. The third kappa shape index (κ3) is 3.67. The summed E-state index contributed by atoms with van der Waals surface area (Å²) in [5.41, 5.74) is 0.933. The van der Waals surface area contributed by atoms with Gasteiger partial charge in [0.05, 0.1) is 16.5 Å². The number of carbonyl (C=O) groups excluding carboxylic acids is 2. The van der Waals surface area contributed by atoms with Gasteiger partial charge in [0.15, 0.2) is 0 Å². The first-order valence-corrected chi connectivity index (χ1v) is 9.62. The van der Waals surface area contributed by atoms with Crippen molar-refractivity contribution in [2.24, 2.45) is 0 Å². The van der Waals surface area contributed by atoms with E-state index in [1.165, 1.54) is 35.2 Å². The number of nitro groups is 1. The largest absolute Gasteiger partial charge is 0.507 e. The predicted molar refractivity (Wildman–Crippen MR) is 116 cm³/mol. The molecule has 1 atom stereocenters. The maximum atomic E-state index is 13.0. The van der Waals surface area contributed by atoms with E-state index in [2.05, 4.69) is 0 Å². The summed E-state index contributed by atoms with van der Waals surface area (Å²) in [6.45, 7) is 0. The van der Waals surface area contributed by atoms with Crippen molar-refractivity contribution in [3.05, 3.63) is 111 Å². The number of halogens is 1. The molecule has 8 heteroatoms. The van der Waals surface area contributed by atoms with Gasteiger partial charge in [-0.1, -0.05) is 48.0 Å². The molecule has 1 aliphatic heterocycles. The van der Waals surface area contributed by atoms with Gasteiger partial charge in [0.25, 0.3) is 17.4 Å². The Morgan fingerprint density at radius 2 is 1.65 bits per heavy atom. The second-order valence-electron chi connectivity index (χ2n) is 6.86. The van der Waals surface area contributed by atoms with Crippen molar-refractivity contribution < 1.29 is 19.6 Å². The van der Waals surface area contributed by atoms with Gasteiger partial charge in [0.2, 0.25) is 0 Å². The summed E-state index contributed by atoms with van der Waals surface area (Å²) in [6, 6.07) is 19.3. The molecule has 0 aliphatic carbocycles. The Hall–Kier alpha value is -3.97. The van der Waals surface area contributed by atoms with Crippen molar-refractivity contribution in [1.29, 1.82) is 0 Å². The smallest absolute Gasteiger partial charge is 0.300 e. The average Bonchev–Trinajstić information content (AvgIpc) is 3.04. The Kier molecular flexibility index (Phi) is 5.27. The van der Waals surface area contributed by atoms with Gasteiger partial charge in [-0.2, -0.15) is 0 Å². The van der Waals surface area contributed by atoms with Crippen molar-refractivity contribution in [3.8, 4) is 0 Å². The van der Waals surface area contributed by atoms with Crippen LogP contribution in [0.5, 0.6) is 0 Å². The number of hydrogen-bond donors (Lipinski definition) is 1. The molecule has 0 radical (unpaired) electrons. The minimum Gasteiger partial charge on any atom is -0.507 e. The Labute approximate surface area is 182 Å². The molecule has 1 amide bonds. The molecular weight excluding hydrogens is 420 g/mol. The Morgan fingerprint density at radius 1 is 0.968 bits per heavy atom. The molecule has 3 aromatic carbocycles. The molecular formula is C23H15ClN2O5. The maximum absolute atomic E-state index is 13.0. The van der Waals surface area contributed by atoms with Crippen LogP contribution >= 0.6 is 11.6 Å². The van der Waals surface area contributed by atoms with Gasteiger partial charge in [-0.3, -0.25) is 24.6 Å². The summed E-state index contributed by atoms with van der Waals surface area (Å²) in [7, 11) is 0. The third-order valence-electron chi connectivity index (χ3n) is 5.00. The molecule has 1 heterocycles.